The average molecular weight is 442 g/mol. The van der Waals surface area contributed by atoms with Crippen LogP contribution in [0.3, 0.4) is 0 Å². The number of amides is 2. The van der Waals surface area contributed by atoms with Crippen molar-refractivity contribution in [1.82, 2.24) is 5.32 Å². The van der Waals surface area contributed by atoms with E-state index in [9.17, 15) is 14.0 Å². The minimum Gasteiger partial charge on any atom is -0.495 e. The normalized spacial score (nSPS) is 17.9. The summed E-state index contributed by atoms with van der Waals surface area (Å²) in [4.78, 5) is 28.9. The fraction of sp³-hybridized carbons (Fsp3) is 0.167. The number of benzene rings is 2. The van der Waals surface area contributed by atoms with Gasteiger partial charge in [-0.1, -0.05) is 35.0 Å². The maximum atomic E-state index is 13.3. The number of rotatable bonds is 4. The smallest absolute Gasteiger partial charge is 0.238 e. The third-order valence-corrected chi connectivity index (χ3v) is 5.32. The quantitative estimate of drug-likeness (QED) is 0.736. The van der Waals surface area contributed by atoms with E-state index >= 15 is 0 Å². The van der Waals surface area contributed by atoms with Crippen molar-refractivity contribution in [1.29, 1.82) is 0 Å². The molecule has 0 saturated carbocycles. The number of carbonyl (C=O) groups is 2. The fourth-order valence-corrected chi connectivity index (χ4v) is 3.76. The Morgan fingerprint density at radius 2 is 2.11 bits per heavy atom. The predicted octanol–water partition coefficient (Wildman–Crippen LogP) is 4.39. The molecule has 2 aromatic rings. The zero-order valence-corrected chi connectivity index (χ0v) is 16.8. The SMILES string of the molecule is COc1ccc(Cl)cc1NC(=O)C1CC(=O)NC(=Nc2ccc(F)c(Cl)c2)S1. The van der Waals surface area contributed by atoms with Crippen LogP contribution in [-0.2, 0) is 9.59 Å². The number of amidine groups is 1. The Balaban J connectivity index is 1.78. The van der Waals surface area contributed by atoms with Gasteiger partial charge in [0.25, 0.3) is 0 Å². The van der Waals surface area contributed by atoms with E-state index in [-0.39, 0.29) is 22.5 Å². The van der Waals surface area contributed by atoms with Crippen molar-refractivity contribution in [2.45, 2.75) is 11.7 Å². The summed E-state index contributed by atoms with van der Waals surface area (Å²) in [5, 5.41) is 5.16. The van der Waals surface area contributed by atoms with Crippen molar-refractivity contribution in [3.63, 3.8) is 0 Å². The summed E-state index contributed by atoms with van der Waals surface area (Å²) < 4.78 is 18.5. The van der Waals surface area contributed by atoms with Crippen LogP contribution < -0.4 is 15.4 Å². The molecule has 6 nitrogen and oxygen atoms in total. The molecule has 2 N–H and O–H groups in total. The Morgan fingerprint density at radius 1 is 1.32 bits per heavy atom. The van der Waals surface area contributed by atoms with Crippen LogP contribution in [0.1, 0.15) is 6.42 Å². The summed E-state index contributed by atoms with van der Waals surface area (Å²) in [6, 6.07) is 8.74. The molecule has 1 aliphatic rings. The van der Waals surface area contributed by atoms with Crippen molar-refractivity contribution in [2.75, 3.05) is 12.4 Å². The number of hydrogen-bond donors (Lipinski definition) is 2. The lowest BCUT2D eigenvalue weighted by molar-refractivity contribution is -0.123. The molecule has 28 heavy (non-hydrogen) atoms. The second-order valence-corrected chi connectivity index (χ2v) is 7.74. The molecule has 1 unspecified atom stereocenters. The Morgan fingerprint density at radius 3 is 2.82 bits per heavy atom. The summed E-state index contributed by atoms with van der Waals surface area (Å²) in [6.45, 7) is 0. The number of nitrogens with one attached hydrogen (secondary N) is 2. The van der Waals surface area contributed by atoms with E-state index in [1.165, 1.54) is 25.3 Å². The molecule has 0 radical (unpaired) electrons. The lowest BCUT2D eigenvalue weighted by Crippen LogP contribution is -2.41. The molecule has 0 bridgehead atoms. The number of ether oxygens (including phenoxy) is 1. The Labute approximate surface area is 174 Å². The van der Waals surface area contributed by atoms with Crippen LogP contribution in [0.25, 0.3) is 0 Å². The third-order valence-electron chi connectivity index (χ3n) is 3.72. The van der Waals surface area contributed by atoms with Gasteiger partial charge in [-0.25, -0.2) is 9.38 Å². The lowest BCUT2D eigenvalue weighted by atomic mass is 10.2. The van der Waals surface area contributed by atoms with Gasteiger partial charge >= 0.3 is 0 Å². The molecule has 1 saturated heterocycles. The molecular weight excluding hydrogens is 428 g/mol. The van der Waals surface area contributed by atoms with Crippen molar-refractivity contribution in [3.05, 3.63) is 52.3 Å². The van der Waals surface area contributed by atoms with E-state index in [4.69, 9.17) is 27.9 Å². The van der Waals surface area contributed by atoms with Crippen LogP contribution in [0.5, 0.6) is 5.75 Å². The molecule has 1 heterocycles. The standard InChI is InChI=1S/C18H14Cl2FN3O3S/c1-27-14-5-2-9(19)6-13(14)23-17(26)15-8-16(25)24-18(28-15)22-10-3-4-12(21)11(20)7-10/h2-7,15H,8H2,1H3,(H,23,26)(H,22,24,25). The highest BCUT2D eigenvalue weighted by Gasteiger charge is 2.30. The molecule has 3 rings (SSSR count). The summed E-state index contributed by atoms with van der Waals surface area (Å²) >= 11 is 12.8. The van der Waals surface area contributed by atoms with E-state index in [2.05, 4.69) is 15.6 Å². The first-order chi connectivity index (χ1) is 13.4. The molecule has 2 amide bonds. The summed E-state index contributed by atoms with van der Waals surface area (Å²) in [6.07, 6.45) is -0.0252. The van der Waals surface area contributed by atoms with Gasteiger partial charge in [-0.05, 0) is 36.4 Å². The zero-order valence-electron chi connectivity index (χ0n) is 14.5. The molecule has 0 aromatic heterocycles. The molecule has 1 fully saturated rings. The number of nitrogens with zero attached hydrogens (tertiary/aromatic N) is 1. The first-order valence-corrected chi connectivity index (χ1v) is 9.64. The van der Waals surface area contributed by atoms with Crippen molar-refractivity contribution < 1.29 is 18.7 Å². The van der Waals surface area contributed by atoms with Gasteiger partial charge in [0.2, 0.25) is 11.8 Å². The zero-order chi connectivity index (χ0) is 20.3. The van der Waals surface area contributed by atoms with Gasteiger partial charge < -0.3 is 15.4 Å². The number of carbonyl (C=O) groups excluding carboxylic acids is 2. The maximum Gasteiger partial charge on any atom is 0.238 e. The fourth-order valence-electron chi connectivity index (χ4n) is 2.41. The van der Waals surface area contributed by atoms with Gasteiger partial charge in [0.05, 0.1) is 23.5 Å². The predicted molar refractivity (Wildman–Crippen MR) is 109 cm³/mol. The second kappa shape index (κ2) is 8.81. The molecular formula is C18H14Cl2FN3O3S. The number of methoxy groups -OCH3 is 1. The minimum absolute atomic E-state index is 0.0252. The van der Waals surface area contributed by atoms with E-state index in [1.54, 1.807) is 18.2 Å². The summed E-state index contributed by atoms with van der Waals surface area (Å²) in [5.41, 5.74) is 0.752. The molecule has 0 aliphatic carbocycles. The minimum atomic E-state index is -0.716. The van der Waals surface area contributed by atoms with Gasteiger partial charge in [0.1, 0.15) is 16.8 Å². The highest BCUT2D eigenvalue weighted by Crippen LogP contribution is 2.30. The Hall–Kier alpha value is -2.29. The molecule has 1 aliphatic heterocycles. The van der Waals surface area contributed by atoms with Crippen LogP contribution in [0.2, 0.25) is 10.0 Å². The number of anilines is 1. The van der Waals surface area contributed by atoms with Gasteiger partial charge in [0.15, 0.2) is 5.17 Å². The number of hydrogen-bond acceptors (Lipinski definition) is 5. The highest BCUT2D eigenvalue weighted by atomic mass is 35.5. The van der Waals surface area contributed by atoms with Gasteiger partial charge in [-0.2, -0.15) is 0 Å². The maximum absolute atomic E-state index is 13.3. The summed E-state index contributed by atoms with van der Waals surface area (Å²) in [5.74, 6) is -0.884. The Bertz CT molecular complexity index is 971. The van der Waals surface area contributed by atoms with Gasteiger partial charge in [-0.15, -0.1) is 0 Å². The molecule has 2 aromatic carbocycles. The average Bonchev–Trinajstić information content (AvgIpc) is 2.64. The van der Waals surface area contributed by atoms with Gasteiger partial charge in [-0.3, -0.25) is 9.59 Å². The van der Waals surface area contributed by atoms with Crippen molar-refractivity contribution in [3.8, 4) is 5.75 Å². The molecule has 10 heteroatoms. The molecule has 0 spiro atoms. The second-order valence-electron chi connectivity index (χ2n) is 5.71. The third kappa shape index (κ3) is 4.95. The van der Waals surface area contributed by atoms with Crippen LogP contribution in [0.4, 0.5) is 15.8 Å². The molecule has 146 valence electrons. The first-order valence-electron chi connectivity index (χ1n) is 8.00. The van der Waals surface area contributed by atoms with Gasteiger partial charge in [0, 0.05) is 11.4 Å². The monoisotopic (exact) mass is 441 g/mol. The number of thioether (sulfide) groups is 1. The largest absolute Gasteiger partial charge is 0.495 e. The number of aliphatic imine (C=N–C) groups is 1. The topological polar surface area (TPSA) is 79.8 Å². The van der Waals surface area contributed by atoms with E-state index in [0.29, 0.717) is 22.1 Å². The summed E-state index contributed by atoms with van der Waals surface area (Å²) in [7, 11) is 1.47. The Kier molecular flexibility index (Phi) is 6.43. The van der Waals surface area contributed by atoms with E-state index in [0.717, 1.165) is 11.8 Å². The van der Waals surface area contributed by atoms with Crippen LogP contribution in [-0.4, -0.2) is 29.3 Å². The van der Waals surface area contributed by atoms with Crippen LogP contribution in [0, 0.1) is 5.82 Å². The van der Waals surface area contributed by atoms with E-state index in [1.807, 2.05) is 0 Å². The molecule has 1 atom stereocenters. The van der Waals surface area contributed by atoms with Crippen LogP contribution in [0.15, 0.2) is 41.4 Å². The number of halogens is 3. The lowest BCUT2D eigenvalue weighted by Gasteiger charge is -2.22. The van der Waals surface area contributed by atoms with Crippen molar-refractivity contribution >= 4 is 63.3 Å². The van der Waals surface area contributed by atoms with Crippen molar-refractivity contribution in [2.24, 2.45) is 4.99 Å². The first kappa shape index (κ1) is 20.4. The van der Waals surface area contributed by atoms with Crippen LogP contribution >= 0.6 is 35.0 Å². The van der Waals surface area contributed by atoms with E-state index < -0.39 is 17.0 Å². The highest BCUT2D eigenvalue weighted by molar-refractivity contribution is 8.15.